The number of halogens is 1. The quantitative estimate of drug-likeness (QED) is 0.798. The third-order valence-corrected chi connectivity index (χ3v) is 2.14. The molecule has 1 rings (SSSR count). The normalized spacial score (nSPS) is 11.5. The molecule has 0 heterocycles. The van der Waals surface area contributed by atoms with Crippen molar-refractivity contribution in [2.75, 3.05) is 7.11 Å². The van der Waals surface area contributed by atoms with Gasteiger partial charge in [0, 0.05) is 16.7 Å². The molecule has 4 heteroatoms. The van der Waals surface area contributed by atoms with Gasteiger partial charge in [0.15, 0.2) is 11.5 Å². The number of benzene rings is 1. The van der Waals surface area contributed by atoms with Gasteiger partial charge in [0.2, 0.25) is 0 Å². The molecule has 0 saturated heterocycles. The van der Waals surface area contributed by atoms with Crippen molar-refractivity contribution in [1.29, 1.82) is 0 Å². The van der Waals surface area contributed by atoms with Crippen LogP contribution >= 0.6 is 11.6 Å². The van der Waals surface area contributed by atoms with Gasteiger partial charge in [-0.1, -0.05) is 11.6 Å². The Kier molecular flexibility index (Phi) is 2.92. The molecule has 0 fully saturated rings. The third-order valence-electron chi connectivity index (χ3n) is 1.92. The summed E-state index contributed by atoms with van der Waals surface area (Å²) in [4.78, 5) is 0. The second-order valence-electron chi connectivity index (χ2n) is 3.56. The van der Waals surface area contributed by atoms with Crippen molar-refractivity contribution in [1.82, 2.24) is 0 Å². The highest BCUT2D eigenvalue weighted by Gasteiger charge is 2.23. The number of aliphatic hydroxyl groups is 1. The largest absolute Gasteiger partial charge is 0.504 e. The zero-order valence-electron chi connectivity index (χ0n) is 8.34. The Bertz CT molecular complexity index is 342. The zero-order chi connectivity index (χ0) is 10.9. The van der Waals surface area contributed by atoms with Gasteiger partial charge >= 0.3 is 0 Å². The lowest BCUT2D eigenvalue weighted by Crippen LogP contribution is -2.15. The SMILES string of the molecule is COc1cc(Cl)cc(C(C)(C)O)c1O. The Morgan fingerprint density at radius 1 is 1.36 bits per heavy atom. The first-order valence-electron chi connectivity index (χ1n) is 4.15. The lowest BCUT2D eigenvalue weighted by Gasteiger charge is -2.20. The molecule has 0 unspecified atom stereocenters. The molecular weight excluding hydrogens is 204 g/mol. The highest BCUT2D eigenvalue weighted by molar-refractivity contribution is 6.30. The Hall–Kier alpha value is -0.930. The van der Waals surface area contributed by atoms with Gasteiger partial charge in [0.1, 0.15) is 0 Å². The fourth-order valence-corrected chi connectivity index (χ4v) is 1.40. The van der Waals surface area contributed by atoms with E-state index in [-0.39, 0.29) is 11.5 Å². The minimum absolute atomic E-state index is 0.0793. The number of methoxy groups -OCH3 is 1. The molecule has 0 aromatic heterocycles. The van der Waals surface area contributed by atoms with Crippen molar-refractivity contribution >= 4 is 11.6 Å². The van der Waals surface area contributed by atoms with Crippen molar-refractivity contribution in [2.24, 2.45) is 0 Å². The van der Waals surface area contributed by atoms with Crippen LogP contribution in [0.25, 0.3) is 0 Å². The molecular formula is C10H13ClO3. The van der Waals surface area contributed by atoms with E-state index in [1.807, 2.05) is 0 Å². The minimum Gasteiger partial charge on any atom is -0.504 e. The molecule has 1 aromatic rings. The highest BCUT2D eigenvalue weighted by atomic mass is 35.5. The zero-order valence-corrected chi connectivity index (χ0v) is 9.09. The second kappa shape index (κ2) is 3.67. The maximum Gasteiger partial charge on any atom is 0.163 e. The smallest absolute Gasteiger partial charge is 0.163 e. The number of phenolic OH excluding ortho intramolecular Hbond substituents is 1. The Balaban J connectivity index is 3.37. The number of hydrogen-bond donors (Lipinski definition) is 2. The van der Waals surface area contributed by atoms with Crippen LogP contribution in [0, 0.1) is 0 Å². The first-order valence-corrected chi connectivity index (χ1v) is 4.53. The van der Waals surface area contributed by atoms with Gasteiger partial charge in [-0.05, 0) is 19.9 Å². The number of rotatable bonds is 2. The molecule has 14 heavy (non-hydrogen) atoms. The topological polar surface area (TPSA) is 49.7 Å². The van der Waals surface area contributed by atoms with Crippen molar-refractivity contribution < 1.29 is 14.9 Å². The van der Waals surface area contributed by atoms with Gasteiger partial charge in [-0.25, -0.2) is 0 Å². The van der Waals surface area contributed by atoms with Crippen LogP contribution in [-0.4, -0.2) is 17.3 Å². The maximum atomic E-state index is 9.74. The number of aromatic hydroxyl groups is 1. The van der Waals surface area contributed by atoms with Crippen LogP contribution in [-0.2, 0) is 5.60 Å². The summed E-state index contributed by atoms with van der Waals surface area (Å²) >= 11 is 5.80. The molecule has 3 nitrogen and oxygen atoms in total. The van der Waals surface area contributed by atoms with E-state index in [1.165, 1.54) is 19.2 Å². The van der Waals surface area contributed by atoms with Crippen LogP contribution < -0.4 is 4.74 Å². The fraction of sp³-hybridized carbons (Fsp3) is 0.400. The third kappa shape index (κ3) is 2.11. The average molecular weight is 217 g/mol. The first-order chi connectivity index (χ1) is 6.36. The van der Waals surface area contributed by atoms with Gasteiger partial charge in [-0.3, -0.25) is 0 Å². The summed E-state index contributed by atoms with van der Waals surface area (Å²) in [7, 11) is 1.43. The van der Waals surface area contributed by atoms with E-state index >= 15 is 0 Å². The van der Waals surface area contributed by atoms with E-state index in [0.717, 1.165) is 0 Å². The molecule has 0 aliphatic rings. The maximum absolute atomic E-state index is 9.74. The summed E-state index contributed by atoms with van der Waals surface area (Å²) in [5, 5.41) is 19.9. The highest BCUT2D eigenvalue weighted by Crippen LogP contribution is 2.38. The molecule has 0 saturated carbocycles. The first kappa shape index (κ1) is 11.1. The number of ether oxygens (including phenoxy) is 1. The summed E-state index contributed by atoms with van der Waals surface area (Å²) in [6, 6.07) is 3.01. The predicted molar refractivity (Wildman–Crippen MR) is 54.9 cm³/mol. The number of phenols is 1. The molecule has 0 radical (unpaired) electrons. The van der Waals surface area contributed by atoms with Crippen molar-refractivity contribution in [3.63, 3.8) is 0 Å². The van der Waals surface area contributed by atoms with Crippen LogP contribution in [0.15, 0.2) is 12.1 Å². The fourth-order valence-electron chi connectivity index (χ4n) is 1.20. The predicted octanol–water partition coefficient (Wildman–Crippen LogP) is 2.28. The number of hydrogen-bond acceptors (Lipinski definition) is 3. The standard InChI is InChI=1S/C10H13ClO3/c1-10(2,13)7-4-6(11)5-8(14-3)9(7)12/h4-5,12-13H,1-3H3. The van der Waals surface area contributed by atoms with E-state index in [0.29, 0.717) is 10.6 Å². The lowest BCUT2D eigenvalue weighted by molar-refractivity contribution is 0.0753. The van der Waals surface area contributed by atoms with E-state index in [1.54, 1.807) is 13.8 Å². The summed E-state index contributed by atoms with van der Waals surface area (Å²) in [6.45, 7) is 3.13. The molecule has 2 N–H and O–H groups in total. The van der Waals surface area contributed by atoms with Gasteiger partial charge in [0.05, 0.1) is 12.7 Å². The molecule has 78 valence electrons. The van der Waals surface area contributed by atoms with E-state index in [4.69, 9.17) is 16.3 Å². The Morgan fingerprint density at radius 3 is 2.36 bits per heavy atom. The molecule has 0 spiro atoms. The molecule has 0 atom stereocenters. The molecule has 0 aliphatic carbocycles. The Morgan fingerprint density at radius 2 is 1.93 bits per heavy atom. The molecule has 1 aromatic carbocycles. The molecule has 0 bridgehead atoms. The van der Waals surface area contributed by atoms with Crippen LogP contribution in [0.3, 0.4) is 0 Å². The lowest BCUT2D eigenvalue weighted by atomic mass is 9.97. The van der Waals surface area contributed by atoms with E-state index in [2.05, 4.69) is 0 Å². The van der Waals surface area contributed by atoms with Gasteiger partial charge < -0.3 is 14.9 Å². The summed E-state index contributed by atoms with van der Waals surface area (Å²) in [6.07, 6.45) is 0. The van der Waals surface area contributed by atoms with Crippen LogP contribution in [0.5, 0.6) is 11.5 Å². The van der Waals surface area contributed by atoms with Crippen LogP contribution in [0.4, 0.5) is 0 Å². The minimum atomic E-state index is -1.15. The van der Waals surface area contributed by atoms with Crippen molar-refractivity contribution in [2.45, 2.75) is 19.4 Å². The van der Waals surface area contributed by atoms with Crippen LogP contribution in [0.2, 0.25) is 5.02 Å². The summed E-state index contributed by atoms with van der Waals surface area (Å²) in [5.41, 5.74) is -0.802. The molecule has 0 amide bonds. The van der Waals surface area contributed by atoms with Gasteiger partial charge in [0.25, 0.3) is 0 Å². The summed E-state index contributed by atoms with van der Waals surface area (Å²) in [5.74, 6) is 0.180. The van der Waals surface area contributed by atoms with E-state index in [9.17, 15) is 10.2 Å². The van der Waals surface area contributed by atoms with Gasteiger partial charge in [-0.15, -0.1) is 0 Å². The second-order valence-corrected chi connectivity index (χ2v) is 4.00. The van der Waals surface area contributed by atoms with Crippen molar-refractivity contribution in [3.05, 3.63) is 22.7 Å². The van der Waals surface area contributed by atoms with Crippen LogP contribution in [0.1, 0.15) is 19.4 Å². The average Bonchev–Trinajstić information content (AvgIpc) is 2.06. The Labute approximate surface area is 87.9 Å². The monoisotopic (exact) mass is 216 g/mol. The van der Waals surface area contributed by atoms with Crippen molar-refractivity contribution in [3.8, 4) is 11.5 Å². The van der Waals surface area contributed by atoms with Gasteiger partial charge in [-0.2, -0.15) is 0 Å². The molecule has 0 aliphatic heterocycles. The summed E-state index contributed by atoms with van der Waals surface area (Å²) < 4.78 is 4.92. The van der Waals surface area contributed by atoms with E-state index < -0.39 is 5.60 Å².